The molecule has 1 N–H and O–H groups in total. The first-order valence-electron chi connectivity index (χ1n) is 4.90. The first kappa shape index (κ1) is 9.40. The lowest BCUT2D eigenvalue weighted by molar-refractivity contribution is -0.144. The molecule has 2 rings (SSSR count). The van der Waals surface area contributed by atoms with Gasteiger partial charge in [-0.2, -0.15) is 0 Å². The Balaban J connectivity index is 2.03. The van der Waals surface area contributed by atoms with Crippen molar-refractivity contribution in [3.8, 4) is 0 Å². The molecule has 1 aliphatic heterocycles. The van der Waals surface area contributed by atoms with Crippen molar-refractivity contribution in [2.75, 3.05) is 19.8 Å². The van der Waals surface area contributed by atoms with Crippen molar-refractivity contribution < 1.29 is 9.53 Å². The van der Waals surface area contributed by atoms with Crippen LogP contribution in [0.5, 0.6) is 0 Å². The summed E-state index contributed by atoms with van der Waals surface area (Å²) < 4.78 is 5.07. The van der Waals surface area contributed by atoms with Crippen molar-refractivity contribution >= 4 is 11.6 Å². The van der Waals surface area contributed by atoms with Crippen LogP contribution >= 0.6 is 0 Å². The quantitative estimate of drug-likeness (QED) is 0.664. The van der Waals surface area contributed by atoms with Crippen molar-refractivity contribution in [1.29, 1.82) is 5.41 Å². The largest absolute Gasteiger partial charge is 0.370 e. The Hall–Kier alpha value is -1.16. The smallest absolute Gasteiger partial charge is 0.249 e. The van der Waals surface area contributed by atoms with E-state index in [0.29, 0.717) is 18.9 Å². The van der Waals surface area contributed by atoms with E-state index >= 15 is 0 Å². The maximum absolute atomic E-state index is 11.5. The van der Waals surface area contributed by atoms with Gasteiger partial charge in [0.1, 0.15) is 6.61 Å². The summed E-state index contributed by atoms with van der Waals surface area (Å²) in [4.78, 5) is 13.3. The Labute approximate surface area is 83.0 Å². The molecule has 1 aliphatic carbocycles. The maximum Gasteiger partial charge on any atom is 0.249 e. The molecule has 0 radical (unpaired) electrons. The number of hydrogen-bond acceptors (Lipinski definition) is 3. The number of rotatable bonds is 1. The highest BCUT2D eigenvalue weighted by atomic mass is 16.5. The molecular formula is C10H14N2O2. The lowest BCUT2D eigenvalue weighted by Gasteiger charge is -2.34. The molecular weight excluding hydrogens is 180 g/mol. The predicted molar refractivity (Wildman–Crippen MR) is 52.4 cm³/mol. The normalized spacial score (nSPS) is 28.3. The summed E-state index contributed by atoms with van der Waals surface area (Å²) in [7, 11) is 0. The zero-order chi connectivity index (χ0) is 9.97. The molecule has 4 nitrogen and oxygen atoms in total. The van der Waals surface area contributed by atoms with E-state index < -0.39 is 0 Å². The summed E-state index contributed by atoms with van der Waals surface area (Å²) in [6.07, 6.45) is 5.40. The first-order chi connectivity index (χ1) is 6.77. The average Bonchev–Trinajstić information content (AvgIpc) is 2.20. The second kappa shape index (κ2) is 3.92. The van der Waals surface area contributed by atoms with Gasteiger partial charge in [0.2, 0.25) is 5.91 Å². The molecule has 0 aromatic rings. The molecule has 1 atom stereocenters. The van der Waals surface area contributed by atoms with E-state index in [1.165, 1.54) is 0 Å². The molecule has 1 unspecified atom stereocenters. The van der Waals surface area contributed by atoms with Crippen LogP contribution in [0.4, 0.5) is 0 Å². The number of carbonyl (C=O) groups excluding carboxylic acids is 1. The zero-order valence-corrected chi connectivity index (χ0v) is 8.03. The highest BCUT2D eigenvalue weighted by Gasteiger charge is 2.26. The van der Waals surface area contributed by atoms with Crippen LogP contribution in [0.2, 0.25) is 0 Å². The summed E-state index contributed by atoms with van der Waals surface area (Å²) in [6.45, 7) is 1.52. The van der Waals surface area contributed by atoms with Gasteiger partial charge in [0.05, 0.1) is 12.6 Å². The van der Waals surface area contributed by atoms with Crippen molar-refractivity contribution in [3.63, 3.8) is 0 Å². The van der Waals surface area contributed by atoms with Crippen molar-refractivity contribution in [2.45, 2.75) is 18.9 Å². The van der Waals surface area contributed by atoms with Crippen molar-refractivity contribution in [1.82, 2.24) is 4.90 Å². The molecule has 14 heavy (non-hydrogen) atoms. The van der Waals surface area contributed by atoms with E-state index in [4.69, 9.17) is 10.1 Å². The summed E-state index contributed by atoms with van der Waals surface area (Å²) >= 11 is 0. The van der Waals surface area contributed by atoms with Gasteiger partial charge in [-0.15, -0.1) is 0 Å². The van der Waals surface area contributed by atoms with E-state index in [-0.39, 0.29) is 18.6 Å². The Morgan fingerprint density at radius 1 is 1.57 bits per heavy atom. The summed E-state index contributed by atoms with van der Waals surface area (Å²) in [5.41, 5.74) is 0.655. The highest BCUT2D eigenvalue weighted by molar-refractivity contribution is 5.93. The lowest BCUT2D eigenvalue weighted by atomic mass is 9.99. The van der Waals surface area contributed by atoms with Gasteiger partial charge in [-0.25, -0.2) is 0 Å². The SMILES string of the molecule is N=C1C=CC(N2CCOCC2=O)CC1. The highest BCUT2D eigenvalue weighted by Crippen LogP contribution is 2.16. The van der Waals surface area contributed by atoms with Crippen LogP contribution in [0.3, 0.4) is 0 Å². The number of hydrogen-bond donors (Lipinski definition) is 1. The minimum atomic E-state index is 0.0688. The molecule has 0 bridgehead atoms. The van der Waals surface area contributed by atoms with E-state index in [1.54, 1.807) is 6.08 Å². The maximum atomic E-state index is 11.5. The summed E-state index contributed by atoms with van der Waals surface area (Å²) in [5.74, 6) is 0.0688. The van der Waals surface area contributed by atoms with E-state index in [2.05, 4.69) is 0 Å². The Morgan fingerprint density at radius 2 is 2.43 bits per heavy atom. The number of amides is 1. The fraction of sp³-hybridized carbons (Fsp3) is 0.600. The van der Waals surface area contributed by atoms with Crippen LogP contribution in [0.25, 0.3) is 0 Å². The van der Waals surface area contributed by atoms with Gasteiger partial charge < -0.3 is 15.0 Å². The second-order valence-corrected chi connectivity index (χ2v) is 3.63. The molecule has 4 heteroatoms. The van der Waals surface area contributed by atoms with Gasteiger partial charge in [0.25, 0.3) is 0 Å². The molecule has 0 aromatic heterocycles. The number of nitrogens with one attached hydrogen (secondary N) is 1. The van der Waals surface area contributed by atoms with Crippen LogP contribution in [0.1, 0.15) is 12.8 Å². The molecule has 76 valence electrons. The molecule has 0 saturated carbocycles. The molecule has 1 fully saturated rings. The van der Waals surface area contributed by atoms with Crippen LogP contribution in [-0.4, -0.2) is 42.3 Å². The Bertz CT molecular complexity index is 286. The number of morpholine rings is 1. The third kappa shape index (κ3) is 1.85. The Kier molecular flexibility index (Phi) is 2.63. The van der Waals surface area contributed by atoms with E-state index in [9.17, 15) is 4.79 Å². The topological polar surface area (TPSA) is 53.4 Å². The Morgan fingerprint density at radius 3 is 3.07 bits per heavy atom. The average molecular weight is 194 g/mol. The monoisotopic (exact) mass is 194 g/mol. The minimum absolute atomic E-state index is 0.0688. The van der Waals surface area contributed by atoms with Gasteiger partial charge >= 0.3 is 0 Å². The summed E-state index contributed by atoms with van der Waals surface area (Å²) in [6, 6.07) is 0.181. The fourth-order valence-electron chi connectivity index (χ4n) is 1.85. The number of allylic oxidation sites excluding steroid dienone is 1. The van der Waals surface area contributed by atoms with Gasteiger partial charge in [0, 0.05) is 12.3 Å². The molecule has 0 aromatic carbocycles. The van der Waals surface area contributed by atoms with E-state index in [0.717, 1.165) is 12.8 Å². The minimum Gasteiger partial charge on any atom is -0.370 e. The van der Waals surface area contributed by atoms with Crippen LogP contribution in [0, 0.1) is 5.41 Å². The van der Waals surface area contributed by atoms with Crippen molar-refractivity contribution in [2.24, 2.45) is 0 Å². The lowest BCUT2D eigenvalue weighted by Crippen LogP contribution is -2.47. The summed E-state index contributed by atoms with van der Waals surface area (Å²) in [5, 5.41) is 7.43. The molecule has 1 heterocycles. The van der Waals surface area contributed by atoms with Gasteiger partial charge in [-0.1, -0.05) is 6.08 Å². The molecule has 2 aliphatic rings. The third-order valence-electron chi connectivity index (χ3n) is 2.65. The van der Waals surface area contributed by atoms with Gasteiger partial charge in [-0.3, -0.25) is 4.79 Å². The fourth-order valence-corrected chi connectivity index (χ4v) is 1.85. The first-order valence-corrected chi connectivity index (χ1v) is 4.90. The second-order valence-electron chi connectivity index (χ2n) is 3.63. The standard InChI is InChI=1S/C10H14N2O2/c11-8-1-3-9(4-2-8)12-5-6-14-7-10(12)13/h1,3,9,11H,2,4-7H2. The predicted octanol–water partition coefficient (Wildman–Crippen LogP) is 0.584. The van der Waals surface area contributed by atoms with Gasteiger partial charge in [0.15, 0.2) is 0 Å². The molecule has 1 amide bonds. The van der Waals surface area contributed by atoms with Crippen LogP contribution in [-0.2, 0) is 9.53 Å². The zero-order valence-electron chi connectivity index (χ0n) is 8.03. The number of nitrogens with zero attached hydrogens (tertiary/aromatic N) is 1. The van der Waals surface area contributed by atoms with E-state index in [1.807, 2.05) is 11.0 Å². The molecule has 1 saturated heterocycles. The van der Waals surface area contributed by atoms with Crippen LogP contribution in [0.15, 0.2) is 12.2 Å². The number of carbonyl (C=O) groups is 1. The van der Waals surface area contributed by atoms with Crippen LogP contribution < -0.4 is 0 Å². The third-order valence-corrected chi connectivity index (χ3v) is 2.65. The number of ether oxygens (including phenoxy) is 1. The molecule has 0 spiro atoms. The van der Waals surface area contributed by atoms with Crippen molar-refractivity contribution in [3.05, 3.63) is 12.2 Å². The van der Waals surface area contributed by atoms with Gasteiger partial charge in [-0.05, 0) is 18.9 Å².